The fourth-order valence-electron chi connectivity index (χ4n) is 2.73. The van der Waals surface area contributed by atoms with Crippen LogP contribution < -0.4 is 10.2 Å². The van der Waals surface area contributed by atoms with Gasteiger partial charge < -0.3 is 20.2 Å². The summed E-state index contributed by atoms with van der Waals surface area (Å²) in [7, 11) is 0. The number of amides is 2. The summed E-state index contributed by atoms with van der Waals surface area (Å²) in [5, 5.41) is 11.9. The van der Waals surface area contributed by atoms with E-state index in [0.29, 0.717) is 32.6 Å². The first-order valence-corrected chi connectivity index (χ1v) is 8.21. The Labute approximate surface area is 141 Å². The van der Waals surface area contributed by atoms with Crippen molar-refractivity contribution in [1.29, 1.82) is 0 Å². The molecule has 2 atom stereocenters. The van der Waals surface area contributed by atoms with Crippen molar-refractivity contribution >= 4 is 17.7 Å². The predicted molar refractivity (Wildman–Crippen MR) is 89.6 cm³/mol. The number of carboxylic acids is 1. The number of carbonyl (C=O) groups is 2. The number of anilines is 1. The number of rotatable bonds is 5. The molecule has 0 aromatic heterocycles. The molecule has 0 bridgehead atoms. The van der Waals surface area contributed by atoms with E-state index >= 15 is 0 Å². The molecule has 0 saturated carbocycles. The second-order valence-electron chi connectivity index (χ2n) is 6.10. The zero-order valence-corrected chi connectivity index (χ0v) is 14.0. The Balaban J connectivity index is 1.90. The lowest BCUT2D eigenvalue weighted by atomic mass is 9.99. The fraction of sp³-hybridized carbons (Fsp3) is 0.529. The zero-order chi connectivity index (χ0) is 17.7. The average Bonchev–Trinajstić information content (AvgIpc) is 2.59. The van der Waals surface area contributed by atoms with Gasteiger partial charge in [-0.2, -0.15) is 0 Å². The number of carboxylic acid groups (broad SMARTS) is 1. The van der Waals surface area contributed by atoms with Crippen molar-refractivity contribution in [1.82, 2.24) is 10.2 Å². The van der Waals surface area contributed by atoms with Crippen LogP contribution in [0.5, 0.6) is 0 Å². The van der Waals surface area contributed by atoms with Gasteiger partial charge in [-0.15, -0.1) is 0 Å². The average molecular weight is 337 g/mol. The van der Waals surface area contributed by atoms with Crippen LogP contribution in [0.2, 0.25) is 0 Å². The van der Waals surface area contributed by atoms with Crippen LogP contribution in [0.3, 0.4) is 0 Å². The summed E-state index contributed by atoms with van der Waals surface area (Å²) < 4.78 is 13.0. The molecular weight excluding hydrogens is 313 g/mol. The van der Waals surface area contributed by atoms with E-state index in [9.17, 15) is 19.1 Å². The first-order valence-electron chi connectivity index (χ1n) is 8.21. The molecule has 132 valence electrons. The molecule has 1 aromatic carbocycles. The number of benzene rings is 1. The maximum Gasteiger partial charge on any atom is 0.326 e. The molecule has 2 unspecified atom stereocenters. The topological polar surface area (TPSA) is 72.9 Å². The quantitative estimate of drug-likeness (QED) is 0.864. The molecule has 0 aliphatic carbocycles. The molecule has 1 aliphatic heterocycles. The van der Waals surface area contributed by atoms with Gasteiger partial charge in [-0.25, -0.2) is 14.0 Å². The Morgan fingerprint density at radius 2 is 1.79 bits per heavy atom. The van der Waals surface area contributed by atoms with Crippen molar-refractivity contribution in [2.24, 2.45) is 5.92 Å². The van der Waals surface area contributed by atoms with Crippen LogP contribution in [0, 0.1) is 11.7 Å². The number of aliphatic carboxylic acids is 1. The number of carbonyl (C=O) groups excluding carboxylic acids is 1. The standard InChI is InChI=1S/C17H24FN3O3/c1-3-12(2)15(16(22)23)19-17(24)21-10-8-20(9-11-21)14-6-4-13(18)5-7-14/h4-7,12,15H,3,8-11H2,1-2H3,(H,19,24)(H,22,23). The highest BCUT2D eigenvalue weighted by molar-refractivity contribution is 5.83. The summed E-state index contributed by atoms with van der Waals surface area (Å²) in [4.78, 5) is 27.3. The fourth-order valence-corrected chi connectivity index (χ4v) is 2.73. The van der Waals surface area contributed by atoms with Crippen molar-refractivity contribution in [3.8, 4) is 0 Å². The van der Waals surface area contributed by atoms with E-state index < -0.39 is 12.0 Å². The van der Waals surface area contributed by atoms with E-state index in [1.807, 2.05) is 13.8 Å². The molecule has 7 heteroatoms. The molecule has 1 saturated heterocycles. The third-order valence-corrected chi connectivity index (χ3v) is 4.52. The maximum absolute atomic E-state index is 13.0. The summed E-state index contributed by atoms with van der Waals surface area (Å²) in [6, 6.07) is 5.04. The van der Waals surface area contributed by atoms with Crippen LogP contribution in [0.15, 0.2) is 24.3 Å². The largest absolute Gasteiger partial charge is 0.480 e. The highest BCUT2D eigenvalue weighted by Crippen LogP contribution is 2.17. The molecule has 1 aliphatic rings. The summed E-state index contributed by atoms with van der Waals surface area (Å²) in [6.45, 7) is 5.95. The van der Waals surface area contributed by atoms with E-state index in [0.717, 1.165) is 5.69 Å². The van der Waals surface area contributed by atoms with Gasteiger partial charge >= 0.3 is 12.0 Å². The second kappa shape index (κ2) is 7.99. The van der Waals surface area contributed by atoms with Crippen molar-refractivity contribution in [3.05, 3.63) is 30.1 Å². The van der Waals surface area contributed by atoms with Gasteiger partial charge in [-0.1, -0.05) is 20.3 Å². The lowest BCUT2D eigenvalue weighted by molar-refractivity contribution is -0.140. The first kappa shape index (κ1) is 18.0. The number of halogens is 1. The Morgan fingerprint density at radius 3 is 2.29 bits per heavy atom. The molecule has 2 amide bonds. The molecule has 0 spiro atoms. The molecule has 0 radical (unpaired) electrons. The zero-order valence-electron chi connectivity index (χ0n) is 14.0. The smallest absolute Gasteiger partial charge is 0.326 e. The van der Waals surface area contributed by atoms with E-state index in [2.05, 4.69) is 10.2 Å². The van der Waals surface area contributed by atoms with Crippen LogP contribution >= 0.6 is 0 Å². The number of nitrogens with zero attached hydrogens (tertiary/aromatic N) is 2. The molecule has 1 aromatic rings. The predicted octanol–water partition coefficient (Wildman–Crippen LogP) is 2.16. The summed E-state index contributed by atoms with van der Waals surface area (Å²) >= 11 is 0. The van der Waals surface area contributed by atoms with E-state index in [1.54, 1.807) is 17.0 Å². The van der Waals surface area contributed by atoms with Crippen LogP contribution in [0.1, 0.15) is 20.3 Å². The van der Waals surface area contributed by atoms with Gasteiger partial charge in [0.15, 0.2) is 0 Å². The third-order valence-electron chi connectivity index (χ3n) is 4.52. The minimum Gasteiger partial charge on any atom is -0.480 e. The maximum atomic E-state index is 13.0. The van der Waals surface area contributed by atoms with Crippen molar-refractivity contribution in [2.45, 2.75) is 26.3 Å². The number of hydrogen-bond donors (Lipinski definition) is 2. The molecule has 2 rings (SSSR count). The minimum atomic E-state index is -1.01. The van der Waals surface area contributed by atoms with Crippen molar-refractivity contribution in [2.75, 3.05) is 31.1 Å². The van der Waals surface area contributed by atoms with Crippen LogP contribution in [0.4, 0.5) is 14.9 Å². The van der Waals surface area contributed by atoms with Gasteiger partial charge in [0.2, 0.25) is 0 Å². The van der Waals surface area contributed by atoms with Gasteiger partial charge in [-0.3, -0.25) is 0 Å². The SMILES string of the molecule is CCC(C)C(NC(=O)N1CCN(c2ccc(F)cc2)CC1)C(=O)O. The molecule has 6 nitrogen and oxygen atoms in total. The summed E-state index contributed by atoms with van der Waals surface area (Å²) in [5.41, 5.74) is 0.916. The normalized spacial score (nSPS) is 17.3. The second-order valence-corrected chi connectivity index (χ2v) is 6.10. The summed E-state index contributed by atoms with van der Waals surface area (Å²) in [6.07, 6.45) is 0.676. The van der Waals surface area contributed by atoms with E-state index in [4.69, 9.17) is 0 Å². The van der Waals surface area contributed by atoms with Gasteiger partial charge in [0.1, 0.15) is 11.9 Å². The Hall–Kier alpha value is -2.31. The summed E-state index contributed by atoms with van der Waals surface area (Å²) in [5.74, 6) is -1.42. The van der Waals surface area contributed by atoms with E-state index in [-0.39, 0.29) is 17.8 Å². The molecule has 1 heterocycles. The van der Waals surface area contributed by atoms with Gasteiger partial charge in [-0.05, 0) is 30.2 Å². The number of hydrogen-bond acceptors (Lipinski definition) is 3. The number of urea groups is 1. The molecule has 24 heavy (non-hydrogen) atoms. The van der Waals surface area contributed by atoms with Gasteiger partial charge in [0.05, 0.1) is 0 Å². The lowest BCUT2D eigenvalue weighted by Crippen LogP contribution is -2.55. The molecule has 2 N–H and O–H groups in total. The minimum absolute atomic E-state index is 0.132. The van der Waals surface area contributed by atoms with Gasteiger partial charge in [0, 0.05) is 31.9 Å². The van der Waals surface area contributed by atoms with Gasteiger partial charge in [0.25, 0.3) is 0 Å². The Morgan fingerprint density at radius 1 is 1.21 bits per heavy atom. The van der Waals surface area contributed by atoms with Crippen LogP contribution in [-0.2, 0) is 4.79 Å². The highest BCUT2D eigenvalue weighted by atomic mass is 19.1. The monoisotopic (exact) mass is 337 g/mol. The third kappa shape index (κ3) is 4.37. The molecule has 1 fully saturated rings. The Bertz CT molecular complexity index is 571. The molecular formula is C17H24FN3O3. The first-order chi connectivity index (χ1) is 11.4. The van der Waals surface area contributed by atoms with Crippen LogP contribution in [0.25, 0.3) is 0 Å². The Kier molecular flexibility index (Phi) is 6.00. The van der Waals surface area contributed by atoms with E-state index in [1.165, 1.54) is 12.1 Å². The lowest BCUT2D eigenvalue weighted by Gasteiger charge is -2.36. The number of piperazine rings is 1. The van der Waals surface area contributed by atoms with Crippen molar-refractivity contribution < 1.29 is 19.1 Å². The number of nitrogens with one attached hydrogen (secondary N) is 1. The van der Waals surface area contributed by atoms with Crippen LogP contribution in [-0.4, -0.2) is 54.2 Å². The van der Waals surface area contributed by atoms with Crippen molar-refractivity contribution in [3.63, 3.8) is 0 Å². The highest BCUT2D eigenvalue weighted by Gasteiger charge is 2.28.